The van der Waals surface area contributed by atoms with Gasteiger partial charge in [-0.15, -0.1) is 11.3 Å². The zero-order valence-corrected chi connectivity index (χ0v) is 14.4. The molecule has 27 heavy (non-hydrogen) atoms. The maximum atomic E-state index is 14.6. The smallest absolute Gasteiger partial charge is 0.292 e. The lowest BCUT2D eigenvalue weighted by molar-refractivity contribution is -0.0853. The number of nitrogens with zero attached hydrogens (tertiary/aromatic N) is 1. The molecule has 134 valence electrons. The summed E-state index contributed by atoms with van der Waals surface area (Å²) in [5, 5.41) is 10.8. The second-order valence-corrected chi connectivity index (χ2v) is 7.36. The summed E-state index contributed by atoms with van der Waals surface area (Å²) in [5.41, 5.74) is 1.58. The summed E-state index contributed by atoms with van der Waals surface area (Å²) in [5.74, 6) is -2.94. The Morgan fingerprint density at radius 1 is 1.22 bits per heavy atom. The number of rotatable bonds is 2. The zero-order valence-electron chi connectivity index (χ0n) is 13.6. The van der Waals surface area contributed by atoms with E-state index >= 15 is 0 Å². The van der Waals surface area contributed by atoms with Crippen LogP contribution in [0.4, 0.5) is 13.2 Å². The van der Waals surface area contributed by atoms with Crippen molar-refractivity contribution in [1.29, 1.82) is 5.26 Å². The van der Waals surface area contributed by atoms with Gasteiger partial charge in [0.2, 0.25) is 0 Å². The Labute approximate surface area is 156 Å². The van der Waals surface area contributed by atoms with E-state index in [1.807, 2.05) is 6.07 Å². The number of alkyl halides is 2. The van der Waals surface area contributed by atoms with Crippen molar-refractivity contribution < 1.29 is 22.6 Å². The van der Waals surface area contributed by atoms with Crippen LogP contribution in [0.1, 0.15) is 22.8 Å². The zero-order chi connectivity index (χ0) is 18.8. The molecule has 1 aliphatic heterocycles. The largest absolute Gasteiger partial charge is 0.478 e. The Bertz CT molecular complexity index is 1130. The summed E-state index contributed by atoms with van der Waals surface area (Å²) in [6.07, 6.45) is -1.89. The number of benzene rings is 2. The molecule has 0 spiro atoms. The SMILES string of the molecule is N#Cc1cc(F)cc(Oc2ccc3c4c2CC(F)(F)C4Oc2ccsc2-3)c1. The average Bonchev–Trinajstić information content (AvgIpc) is 3.20. The summed E-state index contributed by atoms with van der Waals surface area (Å²) in [4.78, 5) is 0.810. The van der Waals surface area contributed by atoms with Crippen LogP contribution in [0.15, 0.2) is 41.8 Å². The number of thiophene rings is 1. The molecular formula is C20H10F3NO2S. The highest BCUT2D eigenvalue weighted by atomic mass is 32.1. The van der Waals surface area contributed by atoms with Crippen LogP contribution >= 0.6 is 11.3 Å². The first-order valence-electron chi connectivity index (χ1n) is 8.13. The van der Waals surface area contributed by atoms with Gasteiger partial charge < -0.3 is 9.47 Å². The minimum absolute atomic E-state index is 0.0862. The van der Waals surface area contributed by atoms with Crippen molar-refractivity contribution in [2.24, 2.45) is 0 Å². The molecule has 0 saturated heterocycles. The fourth-order valence-corrected chi connectivity index (χ4v) is 4.50. The highest BCUT2D eigenvalue weighted by molar-refractivity contribution is 7.14. The summed E-state index contributed by atoms with van der Waals surface area (Å²) in [6, 6.07) is 10.4. The van der Waals surface area contributed by atoms with Crippen LogP contribution in [0.25, 0.3) is 10.4 Å². The van der Waals surface area contributed by atoms with Crippen LogP contribution in [0.3, 0.4) is 0 Å². The topological polar surface area (TPSA) is 42.2 Å². The van der Waals surface area contributed by atoms with E-state index in [2.05, 4.69) is 0 Å². The molecule has 5 rings (SSSR count). The van der Waals surface area contributed by atoms with Gasteiger partial charge in [0.05, 0.1) is 16.5 Å². The predicted octanol–water partition coefficient (Wildman–Crippen LogP) is 5.84. The van der Waals surface area contributed by atoms with Crippen molar-refractivity contribution >= 4 is 11.3 Å². The van der Waals surface area contributed by atoms with Crippen molar-refractivity contribution in [2.75, 3.05) is 0 Å². The first kappa shape index (κ1) is 16.2. The minimum atomic E-state index is -3.07. The molecule has 3 nitrogen and oxygen atoms in total. The van der Waals surface area contributed by atoms with Crippen LogP contribution in [0, 0.1) is 17.1 Å². The molecule has 0 radical (unpaired) electrons. The molecule has 2 heterocycles. The lowest BCUT2D eigenvalue weighted by Crippen LogP contribution is -2.28. The van der Waals surface area contributed by atoms with Gasteiger partial charge in [0.1, 0.15) is 23.1 Å². The second kappa shape index (κ2) is 5.51. The molecule has 1 aromatic heterocycles. The van der Waals surface area contributed by atoms with E-state index in [1.165, 1.54) is 17.4 Å². The van der Waals surface area contributed by atoms with Crippen molar-refractivity contribution in [3.8, 4) is 33.8 Å². The van der Waals surface area contributed by atoms with Gasteiger partial charge in [-0.05, 0) is 35.7 Å². The first-order valence-corrected chi connectivity index (χ1v) is 9.01. The maximum Gasteiger partial charge on any atom is 0.292 e. The van der Waals surface area contributed by atoms with Gasteiger partial charge in [-0.2, -0.15) is 5.26 Å². The second-order valence-electron chi connectivity index (χ2n) is 6.44. The molecule has 1 unspecified atom stereocenters. The van der Waals surface area contributed by atoms with Crippen molar-refractivity contribution in [1.82, 2.24) is 0 Å². The Balaban J connectivity index is 1.64. The minimum Gasteiger partial charge on any atom is -0.478 e. The molecule has 7 heteroatoms. The van der Waals surface area contributed by atoms with E-state index in [0.29, 0.717) is 22.4 Å². The van der Waals surface area contributed by atoms with Gasteiger partial charge in [-0.25, -0.2) is 13.2 Å². The molecule has 0 fully saturated rings. The standard InChI is InChI=1S/C20H10F3NO2S/c21-11-5-10(9-24)6-12(7-11)25-15-2-1-13-17-14(15)8-20(22,23)19(17)26-16-3-4-27-18(13)16/h1-7,19H,8H2. The van der Waals surface area contributed by atoms with Crippen LogP contribution in [-0.4, -0.2) is 5.92 Å². The van der Waals surface area contributed by atoms with E-state index < -0.39 is 24.3 Å². The molecular weight excluding hydrogens is 375 g/mol. The number of hydrogen-bond acceptors (Lipinski definition) is 4. The van der Waals surface area contributed by atoms with Gasteiger partial charge in [-0.3, -0.25) is 0 Å². The molecule has 0 N–H and O–H groups in total. The Morgan fingerprint density at radius 2 is 2.07 bits per heavy atom. The lowest BCUT2D eigenvalue weighted by Gasteiger charge is -2.27. The van der Waals surface area contributed by atoms with Gasteiger partial charge in [-0.1, -0.05) is 0 Å². The van der Waals surface area contributed by atoms with Crippen LogP contribution in [0.2, 0.25) is 0 Å². The normalized spacial score (nSPS) is 18.2. The van der Waals surface area contributed by atoms with Gasteiger partial charge in [0.15, 0.2) is 6.10 Å². The Kier molecular flexibility index (Phi) is 3.31. The van der Waals surface area contributed by atoms with Crippen LogP contribution < -0.4 is 9.47 Å². The van der Waals surface area contributed by atoms with Gasteiger partial charge >= 0.3 is 0 Å². The molecule has 0 bridgehead atoms. The molecule has 2 aromatic carbocycles. The van der Waals surface area contributed by atoms with Gasteiger partial charge in [0, 0.05) is 29.2 Å². The van der Waals surface area contributed by atoms with Crippen molar-refractivity contribution in [3.05, 3.63) is 64.3 Å². The van der Waals surface area contributed by atoms with E-state index in [0.717, 1.165) is 17.0 Å². The summed E-state index contributed by atoms with van der Waals surface area (Å²) in [7, 11) is 0. The quantitative estimate of drug-likeness (QED) is 0.556. The van der Waals surface area contributed by atoms with E-state index in [1.54, 1.807) is 23.6 Å². The first-order chi connectivity index (χ1) is 13.0. The highest BCUT2D eigenvalue weighted by Gasteiger charge is 2.54. The van der Waals surface area contributed by atoms with Crippen molar-refractivity contribution in [3.63, 3.8) is 0 Å². The molecule has 1 aliphatic carbocycles. The average molecular weight is 385 g/mol. The van der Waals surface area contributed by atoms with E-state index in [-0.39, 0.29) is 17.1 Å². The summed E-state index contributed by atoms with van der Waals surface area (Å²) < 4.78 is 54.2. The van der Waals surface area contributed by atoms with E-state index in [9.17, 15) is 13.2 Å². The van der Waals surface area contributed by atoms with Crippen molar-refractivity contribution in [2.45, 2.75) is 18.4 Å². The number of nitriles is 1. The molecule has 1 atom stereocenters. The molecule has 2 aliphatic rings. The summed E-state index contributed by atoms with van der Waals surface area (Å²) >= 11 is 1.43. The van der Waals surface area contributed by atoms with Gasteiger partial charge in [0.25, 0.3) is 5.92 Å². The Hall–Kier alpha value is -2.98. The van der Waals surface area contributed by atoms with Crippen LogP contribution in [-0.2, 0) is 6.42 Å². The fourth-order valence-electron chi connectivity index (χ4n) is 3.63. The molecule has 3 aromatic rings. The lowest BCUT2D eigenvalue weighted by atomic mass is 9.97. The monoisotopic (exact) mass is 385 g/mol. The highest BCUT2D eigenvalue weighted by Crippen LogP contribution is 2.57. The van der Waals surface area contributed by atoms with E-state index in [4.69, 9.17) is 14.7 Å². The molecule has 0 saturated carbocycles. The Morgan fingerprint density at radius 3 is 2.89 bits per heavy atom. The number of halogens is 3. The maximum absolute atomic E-state index is 14.6. The third kappa shape index (κ3) is 2.41. The number of hydrogen-bond donors (Lipinski definition) is 0. The third-order valence-corrected chi connectivity index (χ3v) is 5.65. The fraction of sp³-hybridized carbons (Fsp3) is 0.150. The van der Waals surface area contributed by atoms with Crippen LogP contribution in [0.5, 0.6) is 17.2 Å². The third-order valence-electron chi connectivity index (χ3n) is 4.72. The predicted molar refractivity (Wildman–Crippen MR) is 93.0 cm³/mol. The summed E-state index contributed by atoms with van der Waals surface area (Å²) in [6.45, 7) is 0. The number of fused-ring (bicyclic) bond motifs is 2. The number of ether oxygens (including phenoxy) is 2. The molecule has 0 amide bonds.